The van der Waals surface area contributed by atoms with Crippen LogP contribution in [0.25, 0.3) is 33.2 Å². The molecule has 0 bridgehead atoms. The summed E-state index contributed by atoms with van der Waals surface area (Å²) in [5.41, 5.74) is 9.35. The van der Waals surface area contributed by atoms with Crippen molar-refractivity contribution in [1.29, 1.82) is 0 Å². The molecule has 7 nitrogen and oxygen atoms in total. The molecule has 1 aromatic carbocycles. The van der Waals surface area contributed by atoms with Crippen LogP contribution in [0.4, 0.5) is 0 Å². The lowest BCUT2D eigenvalue weighted by Crippen LogP contribution is -2.11. The maximum Gasteiger partial charge on any atom is 0.249 e. The molecule has 0 saturated carbocycles. The van der Waals surface area contributed by atoms with E-state index in [1.54, 1.807) is 26.5 Å². The number of methoxy groups -OCH3 is 2. The lowest BCUT2D eigenvalue weighted by molar-refractivity contribution is 0.100. The number of aromatic amines is 1. The van der Waals surface area contributed by atoms with Crippen molar-refractivity contribution in [1.82, 2.24) is 14.5 Å². The second-order valence-electron chi connectivity index (χ2n) is 6.05. The van der Waals surface area contributed by atoms with E-state index >= 15 is 0 Å². The van der Waals surface area contributed by atoms with Gasteiger partial charge in [-0.05, 0) is 18.2 Å². The molecular formula is C19H18N4O3. The van der Waals surface area contributed by atoms with E-state index in [0.717, 1.165) is 22.2 Å². The van der Waals surface area contributed by atoms with Gasteiger partial charge in [0.2, 0.25) is 5.91 Å². The molecule has 0 saturated heterocycles. The van der Waals surface area contributed by atoms with Gasteiger partial charge < -0.3 is 24.8 Å². The van der Waals surface area contributed by atoms with Gasteiger partial charge in [-0.1, -0.05) is 0 Å². The van der Waals surface area contributed by atoms with Crippen molar-refractivity contribution in [3.8, 4) is 22.8 Å². The Morgan fingerprint density at radius 3 is 2.58 bits per heavy atom. The highest BCUT2D eigenvalue weighted by Gasteiger charge is 2.17. The van der Waals surface area contributed by atoms with Crippen molar-refractivity contribution in [2.75, 3.05) is 14.2 Å². The second-order valence-corrected chi connectivity index (χ2v) is 6.05. The summed E-state index contributed by atoms with van der Waals surface area (Å²) in [5.74, 6) is 0.842. The Morgan fingerprint density at radius 2 is 1.88 bits per heavy atom. The van der Waals surface area contributed by atoms with Gasteiger partial charge in [-0.3, -0.25) is 4.79 Å². The number of H-pyrrole nitrogens is 1. The number of nitrogens with two attached hydrogens (primary N) is 1. The lowest BCUT2D eigenvalue weighted by Gasteiger charge is -2.08. The molecule has 3 N–H and O–H groups in total. The molecule has 7 heteroatoms. The van der Waals surface area contributed by atoms with E-state index in [4.69, 9.17) is 15.2 Å². The summed E-state index contributed by atoms with van der Waals surface area (Å²) >= 11 is 0. The first-order valence-electron chi connectivity index (χ1n) is 8.02. The maximum absolute atomic E-state index is 11.7. The van der Waals surface area contributed by atoms with Gasteiger partial charge in [-0.25, -0.2) is 4.98 Å². The first kappa shape index (κ1) is 16.0. The molecule has 0 aliphatic heterocycles. The molecule has 26 heavy (non-hydrogen) atoms. The van der Waals surface area contributed by atoms with Crippen LogP contribution in [0.15, 0.2) is 36.7 Å². The highest BCUT2D eigenvalue weighted by Crippen LogP contribution is 2.38. The van der Waals surface area contributed by atoms with Crippen LogP contribution in [0.3, 0.4) is 0 Å². The van der Waals surface area contributed by atoms with Gasteiger partial charge in [0, 0.05) is 47.5 Å². The van der Waals surface area contributed by atoms with Crippen molar-refractivity contribution in [2.24, 2.45) is 12.8 Å². The first-order chi connectivity index (χ1) is 12.5. The zero-order valence-electron chi connectivity index (χ0n) is 14.7. The topological polar surface area (TPSA) is 95.2 Å². The number of carbonyl (C=O) groups excluding carboxylic acids is 1. The number of carbonyl (C=O) groups is 1. The molecule has 3 aromatic heterocycles. The van der Waals surface area contributed by atoms with Crippen LogP contribution < -0.4 is 15.2 Å². The van der Waals surface area contributed by atoms with Crippen molar-refractivity contribution in [3.63, 3.8) is 0 Å². The number of benzene rings is 1. The van der Waals surface area contributed by atoms with Gasteiger partial charge in [0.1, 0.15) is 5.65 Å². The zero-order chi connectivity index (χ0) is 18.4. The average molecular weight is 350 g/mol. The van der Waals surface area contributed by atoms with E-state index in [0.29, 0.717) is 28.1 Å². The maximum atomic E-state index is 11.7. The number of aromatic nitrogens is 3. The predicted molar refractivity (Wildman–Crippen MR) is 99.6 cm³/mol. The molecule has 0 unspecified atom stereocenters. The molecule has 0 spiro atoms. The van der Waals surface area contributed by atoms with Crippen LogP contribution in [-0.2, 0) is 7.05 Å². The van der Waals surface area contributed by atoms with Gasteiger partial charge in [-0.15, -0.1) is 0 Å². The Morgan fingerprint density at radius 1 is 1.15 bits per heavy atom. The fourth-order valence-electron chi connectivity index (χ4n) is 3.31. The molecule has 132 valence electrons. The minimum atomic E-state index is -0.479. The van der Waals surface area contributed by atoms with Gasteiger partial charge in [0.25, 0.3) is 0 Å². The quantitative estimate of drug-likeness (QED) is 0.592. The third-order valence-electron chi connectivity index (χ3n) is 4.58. The Kier molecular flexibility index (Phi) is 3.57. The molecule has 0 fully saturated rings. The number of nitrogens with zero attached hydrogens (tertiary/aromatic N) is 2. The van der Waals surface area contributed by atoms with E-state index in [1.165, 1.54) is 0 Å². The van der Waals surface area contributed by atoms with Crippen LogP contribution in [0, 0.1) is 0 Å². The van der Waals surface area contributed by atoms with Crippen LogP contribution in [0.5, 0.6) is 11.5 Å². The van der Waals surface area contributed by atoms with Crippen molar-refractivity contribution < 1.29 is 14.3 Å². The summed E-state index contributed by atoms with van der Waals surface area (Å²) in [6, 6.07) is 7.40. The number of rotatable bonds is 4. The van der Waals surface area contributed by atoms with Gasteiger partial charge in [0.05, 0.1) is 25.3 Å². The lowest BCUT2D eigenvalue weighted by atomic mass is 10.1. The molecule has 1 amide bonds. The fraction of sp³-hybridized carbons (Fsp3) is 0.158. The van der Waals surface area contributed by atoms with E-state index in [-0.39, 0.29) is 0 Å². The fourth-order valence-corrected chi connectivity index (χ4v) is 3.31. The minimum absolute atomic E-state index is 0.442. The third kappa shape index (κ3) is 2.28. The van der Waals surface area contributed by atoms with Crippen LogP contribution in [0.1, 0.15) is 10.4 Å². The molecule has 0 aliphatic rings. The Balaban J connectivity index is 1.99. The summed E-state index contributed by atoms with van der Waals surface area (Å²) in [6.07, 6.45) is 3.58. The predicted octanol–water partition coefficient (Wildman–Crippen LogP) is 2.84. The number of hydrogen-bond donors (Lipinski definition) is 2. The SMILES string of the molecule is COc1cc2c(-c3cc4c(C(N)=O)ccnc4[nH]3)cn(C)c2cc1OC. The number of aryl methyl sites for hydroxylation is 1. The molecule has 3 heterocycles. The van der Waals surface area contributed by atoms with Crippen LogP contribution >= 0.6 is 0 Å². The first-order valence-corrected chi connectivity index (χ1v) is 8.02. The van der Waals surface area contributed by atoms with Crippen LogP contribution in [0.2, 0.25) is 0 Å². The van der Waals surface area contributed by atoms with Crippen LogP contribution in [-0.4, -0.2) is 34.7 Å². The number of hydrogen-bond acceptors (Lipinski definition) is 4. The largest absolute Gasteiger partial charge is 0.493 e. The molecule has 0 atom stereocenters. The summed E-state index contributed by atoms with van der Waals surface area (Å²) in [6.45, 7) is 0. The monoisotopic (exact) mass is 350 g/mol. The number of pyridine rings is 1. The summed E-state index contributed by atoms with van der Waals surface area (Å²) in [5, 5.41) is 1.70. The number of fused-ring (bicyclic) bond motifs is 2. The van der Waals surface area contributed by atoms with Crippen molar-refractivity contribution in [2.45, 2.75) is 0 Å². The number of amides is 1. The molecule has 4 aromatic rings. The molecule has 0 aliphatic carbocycles. The van der Waals surface area contributed by atoms with E-state index in [9.17, 15) is 4.79 Å². The van der Waals surface area contributed by atoms with E-state index in [2.05, 4.69) is 9.97 Å². The number of primary amides is 1. The minimum Gasteiger partial charge on any atom is -0.493 e. The standard InChI is InChI=1S/C19H18N4O3/c1-23-9-13(11-7-16(25-2)17(26-3)8-15(11)23)14-6-12-10(18(20)24)4-5-21-19(12)22-14/h4-9H,1-3H3,(H2,20,24)(H,21,22). The normalized spacial score (nSPS) is 11.2. The van der Waals surface area contributed by atoms with Crippen molar-refractivity contribution >= 4 is 27.8 Å². The molecular weight excluding hydrogens is 332 g/mol. The Hall–Kier alpha value is -3.48. The summed E-state index contributed by atoms with van der Waals surface area (Å²) in [4.78, 5) is 19.3. The Bertz CT molecular complexity index is 1160. The average Bonchev–Trinajstić information content (AvgIpc) is 3.21. The zero-order valence-corrected chi connectivity index (χ0v) is 14.7. The summed E-state index contributed by atoms with van der Waals surface area (Å²) in [7, 11) is 5.19. The number of nitrogens with one attached hydrogen (secondary N) is 1. The third-order valence-corrected chi connectivity index (χ3v) is 4.58. The number of ether oxygens (including phenoxy) is 2. The van der Waals surface area contributed by atoms with Crippen molar-refractivity contribution in [3.05, 3.63) is 42.2 Å². The second kappa shape index (κ2) is 5.80. The smallest absolute Gasteiger partial charge is 0.249 e. The highest BCUT2D eigenvalue weighted by molar-refractivity contribution is 6.07. The van der Waals surface area contributed by atoms with Gasteiger partial charge in [-0.2, -0.15) is 0 Å². The summed E-state index contributed by atoms with van der Waals surface area (Å²) < 4.78 is 12.8. The van der Waals surface area contributed by atoms with Gasteiger partial charge in [0.15, 0.2) is 11.5 Å². The van der Waals surface area contributed by atoms with E-state index < -0.39 is 5.91 Å². The van der Waals surface area contributed by atoms with E-state index in [1.807, 2.05) is 36.0 Å². The highest BCUT2D eigenvalue weighted by atomic mass is 16.5. The Labute approximate surface area is 149 Å². The molecule has 0 radical (unpaired) electrons. The van der Waals surface area contributed by atoms with Gasteiger partial charge >= 0.3 is 0 Å². The molecule has 4 rings (SSSR count).